The number of benzene rings is 1. The van der Waals surface area contributed by atoms with E-state index in [0.717, 1.165) is 22.4 Å². The standard InChI is InChI=1S/C13H19BrO2/c1-10(2)9-15-6-7-16-13-8-12(14)5-4-11(13)3/h4-5,8,10H,6-7,9H2,1-3H3. The van der Waals surface area contributed by atoms with Crippen molar-refractivity contribution in [1.82, 2.24) is 0 Å². The molecule has 0 bridgehead atoms. The first-order valence-electron chi connectivity index (χ1n) is 5.56. The molecule has 16 heavy (non-hydrogen) atoms. The minimum absolute atomic E-state index is 0.576. The van der Waals surface area contributed by atoms with Crippen molar-refractivity contribution in [2.45, 2.75) is 20.8 Å². The van der Waals surface area contributed by atoms with Gasteiger partial charge in [-0.15, -0.1) is 0 Å². The Morgan fingerprint density at radius 3 is 2.69 bits per heavy atom. The third-order valence-corrected chi connectivity index (χ3v) is 2.58. The average Bonchev–Trinajstić information content (AvgIpc) is 2.22. The van der Waals surface area contributed by atoms with Crippen molar-refractivity contribution in [3.05, 3.63) is 28.2 Å². The smallest absolute Gasteiger partial charge is 0.123 e. The molecule has 0 aliphatic rings. The number of hydrogen-bond donors (Lipinski definition) is 0. The quantitative estimate of drug-likeness (QED) is 0.741. The van der Waals surface area contributed by atoms with Crippen LogP contribution in [-0.2, 0) is 4.74 Å². The highest BCUT2D eigenvalue weighted by Gasteiger charge is 2.00. The second kappa shape index (κ2) is 6.92. The second-order valence-electron chi connectivity index (χ2n) is 4.23. The normalized spacial score (nSPS) is 10.8. The summed E-state index contributed by atoms with van der Waals surface area (Å²) in [5.74, 6) is 1.50. The lowest BCUT2D eigenvalue weighted by Gasteiger charge is -2.10. The van der Waals surface area contributed by atoms with Gasteiger partial charge in [0.15, 0.2) is 0 Å². The molecule has 0 saturated carbocycles. The van der Waals surface area contributed by atoms with Crippen LogP contribution in [0.2, 0.25) is 0 Å². The monoisotopic (exact) mass is 286 g/mol. The van der Waals surface area contributed by atoms with Gasteiger partial charge >= 0.3 is 0 Å². The van der Waals surface area contributed by atoms with Crippen molar-refractivity contribution in [1.29, 1.82) is 0 Å². The van der Waals surface area contributed by atoms with Gasteiger partial charge in [-0.1, -0.05) is 35.8 Å². The zero-order chi connectivity index (χ0) is 12.0. The molecule has 0 atom stereocenters. The Labute approximate surface area is 106 Å². The van der Waals surface area contributed by atoms with E-state index in [9.17, 15) is 0 Å². The van der Waals surface area contributed by atoms with Gasteiger partial charge < -0.3 is 9.47 Å². The van der Waals surface area contributed by atoms with Gasteiger partial charge in [0.1, 0.15) is 12.4 Å². The molecule has 3 heteroatoms. The predicted octanol–water partition coefficient (Wildman–Crippen LogP) is 3.81. The first-order chi connectivity index (χ1) is 7.59. The molecule has 0 aromatic heterocycles. The molecule has 2 nitrogen and oxygen atoms in total. The fourth-order valence-electron chi connectivity index (χ4n) is 1.26. The van der Waals surface area contributed by atoms with E-state index in [2.05, 4.69) is 29.8 Å². The molecule has 0 aliphatic heterocycles. The molecule has 0 fully saturated rings. The number of aryl methyl sites for hydroxylation is 1. The molecule has 0 radical (unpaired) electrons. The topological polar surface area (TPSA) is 18.5 Å². The number of ether oxygens (including phenoxy) is 2. The third-order valence-electron chi connectivity index (χ3n) is 2.09. The average molecular weight is 287 g/mol. The van der Waals surface area contributed by atoms with Crippen LogP contribution in [0.15, 0.2) is 22.7 Å². The molecular weight excluding hydrogens is 268 g/mol. The van der Waals surface area contributed by atoms with Crippen LogP contribution < -0.4 is 4.74 Å². The Bertz CT molecular complexity index is 324. The zero-order valence-corrected chi connectivity index (χ0v) is 11.7. The van der Waals surface area contributed by atoms with Crippen molar-refractivity contribution in [3.63, 3.8) is 0 Å². The van der Waals surface area contributed by atoms with Crippen LogP contribution in [0.4, 0.5) is 0 Å². The second-order valence-corrected chi connectivity index (χ2v) is 5.14. The van der Waals surface area contributed by atoms with Crippen molar-refractivity contribution in [2.75, 3.05) is 19.8 Å². The molecule has 0 unspecified atom stereocenters. The highest BCUT2D eigenvalue weighted by molar-refractivity contribution is 9.10. The summed E-state index contributed by atoms with van der Waals surface area (Å²) in [6.45, 7) is 8.35. The zero-order valence-electron chi connectivity index (χ0n) is 10.1. The summed E-state index contributed by atoms with van der Waals surface area (Å²) in [7, 11) is 0. The maximum Gasteiger partial charge on any atom is 0.123 e. The van der Waals surface area contributed by atoms with E-state index in [0.29, 0.717) is 19.1 Å². The van der Waals surface area contributed by atoms with Gasteiger partial charge in [0, 0.05) is 11.1 Å². The lowest BCUT2D eigenvalue weighted by Crippen LogP contribution is -2.10. The van der Waals surface area contributed by atoms with Crippen LogP contribution in [0.1, 0.15) is 19.4 Å². The molecule has 0 aliphatic carbocycles. The molecule has 0 heterocycles. The summed E-state index contributed by atoms with van der Waals surface area (Å²) in [5, 5.41) is 0. The molecule has 1 aromatic rings. The number of halogens is 1. The Hall–Kier alpha value is -0.540. The maximum atomic E-state index is 5.64. The van der Waals surface area contributed by atoms with Crippen LogP contribution in [0.3, 0.4) is 0 Å². The minimum Gasteiger partial charge on any atom is -0.491 e. The molecular formula is C13H19BrO2. The highest BCUT2D eigenvalue weighted by Crippen LogP contribution is 2.22. The summed E-state index contributed by atoms with van der Waals surface area (Å²) in [5.41, 5.74) is 1.15. The van der Waals surface area contributed by atoms with Gasteiger partial charge in [-0.2, -0.15) is 0 Å². The first-order valence-corrected chi connectivity index (χ1v) is 6.35. The Morgan fingerprint density at radius 1 is 1.25 bits per heavy atom. The molecule has 90 valence electrons. The highest BCUT2D eigenvalue weighted by atomic mass is 79.9. The van der Waals surface area contributed by atoms with Gasteiger partial charge in [0.05, 0.1) is 6.61 Å². The molecule has 0 amide bonds. The van der Waals surface area contributed by atoms with Gasteiger partial charge in [0.2, 0.25) is 0 Å². The summed E-state index contributed by atoms with van der Waals surface area (Å²) >= 11 is 3.43. The van der Waals surface area contributed by atoms with Gasteiger partial charge in [0.25, 0.3) is 0 Å². The lowest BCUT2D eigenvalue weighted by molar-refractivity contribution is 0.0817. The molecule has 1 rings (SSSR count). The van der Waals surface area contributed by atoms with E-state index >= 15 is 0 Å². The third kappa shape index (κ3) is 4.99. The predicted molar refractivity (Wildman–Crippen MR) is 70.0 cm³/mol. The van der Waals surface area contributed by atoms with E-state index in [1.165, 1.54) is 0 Å². The van der Waals surface area contributed by atoms with E-state index in [4.69, 9.17) is 9.47 Å². The van der Waals surface area contributed by atoms with Crippen molar-refractivity contribution in [3.8, 4) is 5.75 Å². The van der Waals surface area contributed by atoms with E-state index in [1.807, 2.05) is 25.1 Å². The summed E-state index contributed by atoms with van der Waals surface area (Å²) < 4.78 is 12.1. The fourth-order valence-corrected chi connectivity index (χ4v) is 1.60. The van der Waals surface area contributed by atoms with E-state index in [1.54, 1.807) is 0 Å². The maximum absolute atomic E-state index is 5.64. The number of rotatable bonds is 6. The Balaban J connectivity index is 2.29. The van der Waals surface area contributed by atoms with Crippen molar-refractivity contribution < 1.29 is 9.47 Å². The van der Waals surface area contributed by atoms with Crippen molar-refractivity contribution >= 4 is 15.9 Å². The van der Waals surface area contributed by atoms with Crippen LogP contribution >= 0.6 is 15.9 Å². The minimum atomic E-state index is 0.576. The van der Waals surface area contributed by atoms with E-state index < -0.39 is 0 Å². The SMILES string of the molecule is Cc1ccc(Br)cc1OCCOCC(C)C. The van der Waals surface area contributed by atoms with Gasteiger partial charge in [-0.05, 0) is 30.5 Å². The Kier molecular flexibility index (Phi) is 5.85. The van der Waals surface area contributed by atoms with Crippen LogP contribution in [0.5, 0.6) is 5.75 Å². The van der Waals surface area contributed by atoms with Gasteiger partial charge in [-0.3, -0.25) is 0 Å². The van der Waals surface area contributed by atoms with Crippen LogP contribution in [0.25, 0.3) is 0 Å². The summed E-state index contributed by atoms with van der Waals surface area (Å²) in [6.07, 6.45) is 0. The van der Waals surface area contributed by atoms with Gasteiger partial charge in [-0.25, -0.2) is 0 Å². The number of hydrogen-bond acceptors (Lipinski definition) is 2. The van der Waals surface area contributed by atoms with Crippen molar-refractivity contribution in [2.24, 2.45) is 5.92 Å². The molecule has 1 aromatic carbocycles. The van der Waals surface area contributed by atoms with E-state index in [-0.39, 0.29) is 0 Å². The van der Waals surface area contributed by atoms with Crippen LogP contribution in [-0.4, -0.2) is 19.8 Å². The first kappa shape index (κ1) is 13.5. The largest absolute Gasteiger partial charge is 0.491 e. The molecule has 0 spiro atoms. The summed E-state index contributed by atoms with van der Waals surface area (Å²) in [6, 6.07) is 6.03. The fraction of sp³-hybridized carbons (Fsp3) is 0.538. The molecule has 0 N–H and O–H groups in total. The lowest BCUT2D eigenvalue weighted by atomic mass is 10.2. The van der Waals surface area contributed by atoms with Crippen LogP contribution in [0, 0.1) is 12.8 Å². The summed E-state index contributed by atoms with van der Waals surface area (Å²) in [4.78, 5) is 0. The Morgan fingerprint density at radius 2 is 2.00 bits per heavy atom. The molecule has 0 saturated heterocycles.